The van der Waals surface area contributed by atoms with E-state index in [1.54, 1.807) is 6.92 Å². The van der Waals surface area contributed by atoms with E-state index in [4.69, 9.17) is 4.74 Å². The molecule has 1 aromatic carbocycles. The Morgan fingerprint density at radius 1 is 1.22 bits per heavy atom. The maximum absolute atomic E-state index is 12.1. The standard InChI is InChI=1S/C17H27NO4S/c1-4-22-17(19)16(12-15-8-6-5-7-9-15)13-18-23(20,21)11-10-14(2)3/h5-9,14,16,18H,4,10-13H2,1-3H3/t16-/m1/s1. The summed E-state index contributed by atoms with van der Waals surface area (Å²) in [5, 5.41) is 0. The monoisotopic (exact) mass is 341 g/mol. The molecule has 0 saturated heterocycles. The maximum atomic E-state index is 12.1. The molecule has 0 fully saturated rings. The van der Waals surface area contributed by atoms with Crippen molar-refractivity contribution < 1.29 is 17.9 Å². The highest BCUT2D eigenvalue weighted by atomic mass is 32.2. The molecule has 1 atom stereocenters. The minimum atomic E-state index is -3.37. The smallest absolute Gasteiger partial charge is 0.310 e. The number of hydrogen-bond donors (Lipinski definition) is 1. The van der Waals surface area contributed by atoms with Crippen molar-refractivity contribution in [2.45, 2.75) is 33.6 Å². The van der Waals surface area contributed by atoms with Crippen molar-refractivity contribution in [3.8, 4) is 0 Å². The SMILES string of the molecule is CCOC(=O)[C@@H](CNS(=O)(=O)CCC(C)C)Cc1ccccc1. The molecule has 0 aliphatic carbocycles. The van der Waals surface area contributed by atoms with Gasteiger partial charge in [0.1, 0.15) is 0 Å². The van der Waals surface area contributed by atoms with Crippen molar-refractivity contribution in [2.24, 2.45) is 11.8 Å². The summed E-state index contributed by atoms with van der Waals surface area (Å²) in [6, 6.07) is 9.52. The van der Waals surface area contributed by atoms with Gasteiger partial charge in [-0.2, -0.15) is 0 Å². The first-order valence-corrected chi connectivity index (χ1v) is 9.67. The molecule has 0 unspecified atom stereocenters. The molecular weight excluding hydrogens is 314 g/mol. The quantitative estimate of drug-likeness (QED) is 0.663. The van der Waals surface area contributed by atoms with Crippen LogP contribution in [0.2, 0.25) is 0 Å². The normalized spacial score (nSPS) is 13.0. The number of ether oxygens (including phenoxy) is 1. The zero-order valence-electron chi connectivity index (χ0n) is 14.1. The zero-order valence-corrected chi connectivity index (χ0v) is 14.9. The lowest BCUT2D eigenvalue weighted by atomic mass is 10.00. The highest BCUT2D eigenvalue weighted by molar-refractivity contribution is 7.89. The fourth-order valence-electron chi connectivity index (χ4n) is 2.09. The number of benzene rings is 1. The second-order valence-corrected chi connectivity index (χ2v) is 7.91. The van der Waals surface area contributed by atoms with E-state index in [2.05, 4.69) is 4.72 Å². The Labute approximate surface area is 139 Å². The van der Waals surface area contributed by atoms with Gasteiger partial charge in [0.05, 0.1) is 18.3 Å². The van der Waals surface area contributed by atoms with E-state index in [1.165, 1.54) is 0 Å². The third kappa shape index (κ3) is 8.13. The molecule has 1 rings (SSSR count). The van der Waals surface area contributed by atoms with E-state index in [0.717, 1.165) is 5.56 Å². The Balaban J connectivity index is 2.68. The molecule has 5 nitrogen and oxygen atoms in total. The molecule has 1 N–H and O–H groups in total. The predicted molar refractivity (Wildman–Crippen MR) is 91.5 cm³/mol. The van der Waals surface area contributed by atoms with Crippen LogP contribution in [0.5, 0.6) is 0 Å². The summed E-state index contributed by atoms with van der Waals surface area (Å²) in [5.74, 6) is -0.503. The highest BCUT2D eigenvalue weighted by Gasteiger charge is 2.23. The summed E-state index contributed by atoms with van der Waals surface area (Å²) in [6.45, 7) is 6.04. The maximum Gasteiger partial charge on any atom is 0.310 e. The summed E-state index contributed by atoms with van der Waals surface area (Å²) in [6.07, 6.45) is 1.05. The Hall–Kier alpha value is -1.40. The van der Waals surface area contributed by atoms with Gasteiger partial charge in [-0.3, -0.25) is 4.79 Å². The summed E-state index contributed by atoms with van der Waals surface area (Å²) < 4.78 is 31.6. The van der Waals surface area contributed by atoms with Gasteiger partial charge in [0, 0.05) is 6.54 Å². The molecule has 23 heavy (non-hydrogen) atoms. The zero-order chi connectivity index (χ0) is 17.3. The summed E-state index contributed by atoms with van der Waals surface area (Å²) in [4.78, 5) is 12.1. The molecule has 1 aromatic rings. The van der Waals surface area contributed by atoms with Gasteiger partial charge in [-0.1, -0.05) is 44.2 Å². The number of carbonyl (C=O) groups is 1. The van der Waals surface area contributed by atoms with Gasteiger partial charge in [0.15, 0.2) is 0 Å². The van der Waals surface area contributed by atoms with Crippen LogP contribution < -0.4 is 4.72 Å². The molecule has 130 valence electrons. The second-order valence-electron chi connectivity index (χ2n) is 5.99. The number of hydrogen-bond acceptors (Lipinski definition) is 4. The van der Waals surface area contributed by atoms with Crippen LogP contribution in [0.1, 0.15) is 32.8 Å². The lowest BCUT2D eigenvalue weighted by molar-refractivity contribution is -0.147. The molecule has 0 saturated carbocycles. The molecule has 0 spiro atoms. The molecule has 0 aliphatic rings. The first-order valence-electron chi connectivity index (χ1n) is 8.02. The van der Waals surface area contributed by atoms with Gasteiger partial charge in [0.2, 0.25) is 10.0 Å². The third-order valence-electron chi connectivity index (χ3n) is 3.46. The van der Waals surface area contributed by atoms with E-state index in [-0.39, 0.29) is 24.9 Å². The van der Waals surface area contributed by atoms with Gasteiger partial charge in [-0.15, -0.1) is 0 Å². The number of esters is 1. The van der Waals surface area contributed by atoms with E-state index in [0.29, 0.717) is 18.8 Å². The number of rotatable bonds is 10. The minimum absolute atomic E-state index is 0.0636. The van der Waals surface area contributed by atoms with Crippen molar-refractivity contribution in [3.63, 3.8) is 0 Å². The summed E-state index contributed by atoms with van der Waals surface area (Å²) >= 11 is 0. The minimum Gasteiger partial charge on any atom is -0.466 e. The van der Waals surface area contributed by atoms with Gasteiger partial charge in [-0.25, -0.2) is 13.1 Å². The van der Waals surface area contributed by atoms with E-state index in [1.807, 2.05) is 44.2 Å². The average molecular weight is 341 g/mol. The lowest BCUT2D eigenvalue weighted by Crippen LogP contribution is -2.36. The van der Waals surface area contributed by atoms with Crippen molar-refractivity contribution in [1.82, 2.24) is 4.72 Å². The van der Waals surface area contributed by atoms with Gasteiger partial charge < -0.3 is 4.74 Å². The van der Waals surface area contributed by atoms with E-state index in [9.17, 15) is 13.2 Å². The molecule has 0 aromatic heterocycles. The number of nitrogens with one attached hydrogen (secondary N) is 1. The lowest BCUT2D eigenvalue weighted by Gasteiger charge is -2.17. The molecular formula is C17H27NO4S. The van der Waals surface area contributed by atoms with Crippen LogP contribution in [0, 0.1) is 11.8 Å². The predicted octanol–water partition coefficient (Wildman–Crippen LogP) is 2.37. The van der Waals surface area contributed by atoms with E-state index >= 15 is 0 Å². The van der Waals surface area contributed by atoms with E-state index < -0.39 is 15.9 Å². The number of carbonyl (C=O) groups excluding carboxylic acids is 1. The van der Waals surface area contributed by atoms with Gasteiger partial charge in [-0.05, 0) is 31.2 Å². The molecule has 0 bridgehead atoms. The molecule has 6 heteroatoms. The van der Waals surface area contributed by atoms with Gasteiger partial charge >= 0.3 is 5.97 Å². The number of sulfonamides is 1. The fraction of sp³-hybridized carbons (Fsp3) is 0.588. The van der Waals surface area contributed by atoms with Crippen LogP contribution in [0.25, 0.3) is 0 Å². The largest absolute Gasteiger partial charge is 0.466 e. The highest BCUT2D eigenvalue weighted by Crippen LogP contribution is 2.11. The molecule has 0 aliphatic heterocycles. The molecule has 0 amide bonds. The first-order chi connectivity index (χ1) is 10.8. The molecule has 0 heterocycles. The van der Waals surface area contributed by atoms with Gasteiger partial charge in [0.25, 0.3) is 0 Å². The van der Waals surface area contributed by atoms with Crippen LogP contribution in [-0.4, -0.2) is 33.3 Å². The van der Waals surface area contributed by atoms with Crippen LogP contribution in [0.4, 0.5) is 0 Å². The summed E-state index contributed by atoms with van der Waals surface area (Å²) in [7, 11) is -3.37. The molecule has 0 radical (unpaired) electrons. The van der Waals surface area contributed by atoms with Crippen LogP contribution >= 0.6 is 0 Å². The van der Waals surface area contributed by atoms with Crippen LogP contribution in [0.15, 0.2) is 30.3 Å². The Kier molecular flexibility index (Phi) is 8.26. The Morgan fingerprint density at radius 2 is 1.87 bits per heavy atom. The second kappa shape index (κ2) is 9.67. The van der Waals surface area contributed by atoms with Crippen LogP contribution in [-0.2, 0) is 26.0 Å². The summed E-state index contributed by atoms with van der Waals surface area (Å²) in [5.41, 5.74) is 0.979. The fourth-order valence-corrected chi connectivity index (χ4v) is 3.47. The third-order valence-corrected chi connectivity index (χ3v) is 4.84. The van der Waals surface area contributed by atoms with Crippen molar-refractivity contribution in [3.05, 3.63) is 35.9 Å². The first kappa shape index (κ1) is 19.6. The Morgan fingerprint density at radius 3 is 2.43 bits per heavy atom. The average Bonchev–Trinajstić information content (AvgIpc) is 2.51. The van der Waals surface area contributed by atoms with Crippen molar-refractivity contribution in [2.75, 3.05) is 18.9 Å². The Bertz CT molecular complexity index is 570. The topological polar surface area (TPSA) is 72.5 Å². The van der Waals surface area contributed by atoms with Crippen LogP contribution in [0.3, 0.4) is 0 Å². The van der Waals surface area contributed by atoms with Crippen molar-refractivity contribution in [1.29, 1.82) is 0 Å². The van der Waals surface area contributed by atoms with Crippen molar-refractivity contribution >= 4 is 16.0 Å².